The van der Waals surface area contributed by atoms with E-state index in [0.717, 1.165) is 13.0 Å². The number of fused-ring (bicyclic) bond motifs is 1. The Morgan fingerprint density at radius 2 is 1.98 bits per heavy atom. The number of likely N-dealkylation sites (N-methyl/N-ethyl adjacent to an activating group) is 1. The van der Waals surface area contributed by atoms with Gasteiger partial charge >= 0.3 is 12.2 Å². The molecule has 5 atom stereocenters. The van der Waals surface area contributed by atoms with E-state index in [1.807, 2.05) is 11.0 Å². The topological polar surface area (TPSA) is 112 Å². The number of benzene rings is 1. The number of ether oxygens (including phenoxy) is 1. The van der Waals surface area contributed by atoms with Crippen LogP contribution in [0.15, 0.2) is 18.2 Å². The number of alkyl halides is 5. The summed E-state index contributed by atoms with van der Waals surface area (Å²) in [4.78, 5) is 26.7. The highest BCUT2D eigenvalue weighted by Crippen LogP contribution is 2.47. The van der Waals surface area contributed by atoms with E-state index in [1.54, 1.807) is 11.9 Å². The van der Waals surface area contributed by atoms with Gasteiger partial charge in [0.25, 0.3) is 5.91 Å². The van der Waals surface area contributed by atoms with Crippen LogP contribution in [0.2, 0.25) is 0 Å². The third-order valence-electron chi connectivity index (χ3n) is 9.28. The number of piperazine rings is 1. The molecule has 5 rings (SSSR count). The number of hydrogen-bond donors (Lipinski definition) is 1. The lowest BCUT2D eigenvalue weighted by atomic mass is 9.76. The molecule has 2 fully saturated rings. The van der Waals surface area contributed by atoms with Crippen LogP contribution in [0, 0.1) is 24.1 Å². The number of likely N-dealkylation sites (tertiary alicyclic amines) is 1. The first-order chi connectivity index (χ1) is 22.1. The van der Waals surface area contributed by atoms with E-state index >= 15 is 4.39 Å². The molecule has 1 aromatic heterocycles. The van der Waals surface area contributed by atoms with E-state index in [2.05, 4.69) is 16.5 Å². The highest BCUT2D eigenvalue weighted by molar-refractivity contribution is 5.81. The zero-order valence-corrected chi connectivity index (χ0v) is 26.4. The van der Waals surface area contributed by atoms with Crippen molar-refractivity contribution in [3.8, 4) is 12.1 Å². The molecule has 15 heteroatoms. The minimum atomic E-state index is -4.87. The van der Waals surface area contributed by atoms with Gasteiger partial charge in [-0.15, -0.1) is 0 Å². The highest BCUT2D eigenvalue weighted by atomic mass is 19.4. The summed E-state index contributed by atoms with van der Waals surface area (Å²) in [5.41, 5.74) is 4.59. The Bertz CT molecular complexity index is 1590. The number of nitrogens with zero attached hydrogens (tertiary/aromatic N) is 6. The van der Waals surface area contributed by atoms with Crippen molar-refractivity contribution in [2.24, 2.45) is 0 Å². The highest BCUT2D eigenvalue weighted by Gasteiger charge is 2.42. The first-order valence-electron chi connectivity index (χ1n) is 15.4. The normalized spacial score (nSPS) is 24.2. The summed E-state index contributed by atoms with van der Waals surface area (Å²) in [6.45, 7) is 7.09. The van der Waals surface area contributed by atoms with Crippen molar-refractivity contribution in [1.82, 2.24) is 19.8 Å². The predicted molar refractivity (Wildman–Crippen MR) is 162 cm³/mol. The van der Waals surface area contributed by atoms with Crippen LogP contribution in [0.1, 0.15) is 53.6 Å². The Kier molecular flexibility index (Phi) is 9.64. The van der Waals surface area contributed by atoms with E-state index in [9.17, 15) is 32.0 Å². The van der Waals surface area contributed by atoms with Gasteiger partial charge in [-0.25, -0.2) is 13.2 Å². The van der Waals surface area contributed by atoms with Gasteiger partial charge in [0.15, 0.2) is 12.0 Å². The number of nitrogen functional groups attached to an aromatic ring is 1. The van der Waals surface area contributed by atoms with Crippen LogP contribution in [-0.4, -0.2) is 89.9 Å². The molecule has 9 nitrogen and oxygen atoms in total. The van der Waals surface area contributed by atoms with Crippen molar-refractivity contribution in [3.05, 3.63) is 52.0 Å². The van der Waals surface area contributed by atoms with Crippen LogP contribution < -0.4 is 15.4 Å². The molecule has 0 spiro atoms. The quantitative estimate of drug-likeness (QED) is 0.258. The van der Waals surface area contributed by atoms with Crippen molar-refractivity contribution in [2.75, 3.05) is 50.5 Å². The molecule has 47 heavy (non-hydrogen) atoms. The van der Waals surface area contributed by atoms with Gasteiger partial charge in [-0.3, -0.25) is 9.69 Å². The number of carbonyl (C=O) groups excluding carboxylic acids is 1. The fraction of sp³-hybridized carbons (Fsp3) is 0.562. The Morgan fingerprint density at radius 1 is 1.26 bits per heavy atom. The number of anilines is 2. The molecule has 0 radical (unpaired) electrons. The molecule has 1 aromatic carbocycles. The van der Waals surface area contributed by atoms with Gasteiger partial charge in [0.05, 0.1) is 35.5 Å². The molecular weight excluding hydrogens is 628 g/mol. The number of hydrogen-bond acceptors (Lipinski definition) is 8. The fourth-order valence-corrected chi connectivity index (χ4v) is 6.94. The van der Waals surface area contributed by atoms with Crippen LogP contribution in [0.4, 0.5) is 37.8 Å². The van der Waals surface area contributed by atoms with Crippen LogP contribution in [0.3, 0.4) is 0 Å². The average molecular weight is 666 g/mol. The second kappa shape index (κ2) is 13.2. The molecule has 2 unspecified atom stereocenters. The van der Waals surface area contributed by atoms with E-state index in [1.165, 1.54) is 11.8 Å². The van der Waals surface area contributed by atoms with Crippen molar-refractivity contribution in [3.63, 3.8) is 0 Å². The molecule has 2 saturated heterocycles. The van der Waals surface area contributed by atoms with Gasteiger partial charge in [-0.2, -0.15) is 28.4 Å². The number of halogens is 6. The Labute approximate surface area is 269 Å². The van der Waals surface area contributed by atoms with Gasteiger partial charge in [0.2, 0.25) is 0 Å². The maximum Gasteiger partial charge on any atom is 0.417 e. The van der Waals surface area contributed by atoms with E-state index in [0.29, 0.717) is 22.6 Å². The minimum absolute atomic E-state index is 0.00132. The molecule has 0 bridgehead atoms. The van der Waals surface area contributed by atoms with Gasteiger partial charge < -0.3 is 20.3 Å². The number of nitriles is 1. The van der Waals surface area contributed by atoms with Crippen LogP contribution in [0.5, 0.6) is 6.01 Å². The number of amides is 1. The van der Waals surface area contributed by atoms with Crippen molar-refractivity contribution in [1.29, 1.82) is 5.26 Å². The molecule has 0 saturated carbocycles. The molecular formula is C32H37F6N7O2. The van der Waals surface area contributed by atoms with Crippen LogP contribution in [0.25, 0.3) is 0 Å². The Hall–Kier alpha value is -4.06. The summed E-state index contributed by atoms with van der Waals surface area (Å²) in [7, 11) is 1.76. The molecule has 2 aromatic rings. The summed E-state index contributed by atoms with van der Waals surface area (Å²) in [6, 6.07) is 1.97. The monoisotopic (exact) mass is 665 g/mol. The standard InChI is InChI=1S/C32H37F6N7O2/c1-16-9-23-25(12-22(16)26-27(32(36,37)38)17(2)10-24(40)28(26)35)41-31(47-15-21-11-19(34)13-43(21)4)42-29(23)44-7-8-45(30(46)18(3)33)20(14-44)5-6-39/h10,18-22H,1,5,7-9,11-15,40H2,2-4H3/t18?,19-,20+,21+,22?/m1/s1. The van der Waals surface area contributed by atoms with Crippen LogP contribution >= 0.6 is 0 Å². The Balaban J connectivity index is 1.56. The largest absolute Gasteiger partial charge is 0.462 e. The van der Waals surface area contributed by atoms with Crippen molar-refractivity contribution >= 4 is 17.4 Å². The predicted octanol–water partition coefficient (Wildman–Crippen LogP) is 4.67. The lowest BCUT2D eigenvalue weighted by Gasteiger charge is -2.42. The van der Waals surface area contributed by atoms with Gasteiger partial charge in [-0.1, -0.05) is 12.2 Å². The average Bonchev–Trinajstić information content (AvgIpc) is 3.32. The molecule has 3 heterocycles. The van der Waals surface area contributed by atoms with Crippen molar-refractivity contribution < 1.29 is 35.9 Å². The number of nitrogens with two attached hydrogens (primary N) is 1. The Morgan fingerprint density at radius 3 is 2.60 bits per heavy atom. The van der Waals surface area contributed by atoms with Crippen LogP contribution in [-0.2, 0) is 23.8 Å². The summed E-state index contributed by atoms with van der Waals surface area (Å²) >= 11 is 0. The first kappa shape index (κ1) is 34.3. The van der Waals surface area contributed by atoms with E-state index in [-0.39, 0.29) is 76.1 Å². The smallest absolute Gasteiger partial charge is 0.417 e. The number of carbonyl (C=O) groups is 1. The van der Waals surface area contributed by atoms with E-state index < -0.39 is 59.0 Å². The SMILES string of the molecule is C=C1Cc2c(nc(OC[C@@H]3C[C@@H](F)CN3C)nc2N2CCN(C(=O)C(C)F)[C@@H](CC#N)C2)CC1c1c(F)c(N)cc(C)c1C(F)(F)F. The third-order valence-corrected chi connectivity index (χ3v) is 9.28. The molecule has 1 amide bonds. The maximum atomic E-state index is 15.5. The second-order valence-corrected chi connectivity index (χ2v) is 12.6. The third kappa shape index (κ3) is 6.83. The first-order valence-corrected chi connectivity index (χ1v) is 15.4. The second-order valence-electron chi connectivity index (χ2n) is 12.6. The molecule has 2 N–H and O–H groups in total. The zero-order chi connectivity index (χ0) is 34.4. The molecule has 254 valence electrons. The van der Waals surface area contributed by atoms with Gasteiger partial charge in [0.1, 0.15) is 18.6 Å². The number of rotatable bonds is 7. The summed E-state index contributed by atoms with van der Waals surface area (Å²) < 4.78 is 92.5. The lowest BCUT2D eigenvalue weighted by Crippen LogP contribution is -2.57. The summed E-state index contributed by atoms with van der Waals surface area (Å²) in [5.74, 6) is -2.68. The van der Waals surface area contributed by atoms with Gasteiger partial charge in [0, 0.05) is 55.7 Å². The summed E-state index contributed by atoms with van der Waals surface area (Å²) in [6.07, 6.45) is -7.66. The van der Waals surface area contributed by atoms with Gasteiger partial charge in [-0.05, 0) is 45.4 Å². The number of allylic oxidation sites excluding steroid dienone is 1. The zero-order valence-electron chi connectivity index (χ0n) is 26.4. The maximum absolute atomic E-state index is 15.5. The summed E-state index contributed by atoms with van der Waals surface area (Å²) in [5, 5.41) is 9.47. The lowest BCUT2D eigenvalue weighted by molar-refractivity contribution is -0.139. The minimum Gasteiger partial charge on any atom is -0.462 e. The number of aromatic nitrogens is 2. The fourth-order valence-electron chi connectivity index (χ4n) is 6.94. The van der Waals surface area contributed by atoms with Crippen molar-refractivity contribution in [2.45, 2.75) is 76.1 Å². The molecule has 3 aliphatic rings. The molecule has 1 aliphatic carbocycles. The number of aryl methyl sites for hydroxylation is 1. The van der Waals surface area contributed by atoms with E-state index in [4.69, 9.17) is 10.5 Å². The molecule has 2 aliphatic heterocycles.